The van der Waals surface area contributed by atoms with Crippen LogP contribution in [-0.2, 0) is 6.54 Å². The molecular formula is C17H12BrCl2F4N. The molecule has 2 N–H and O–H groups in total. The monoisotopic (exact) mass is 455 g/mol. The van der Waals surface area contributed by atoms with E-state index in [2.05, 4.69) is 15.9 Å². The summed E-state index contributed by atoms with van der Waals surface area (Å²) >= 11 is 14.5. The third kappa shape index (κ3) is 4.97. The van der Waals surface area contributed by atoms with Gasteiger partial charge < -0.3 is 5.73 Å². The van der Waals surface area contributed by atoms with Crippen LogP contribution in [0, 0.1) is 5.82 Å². The summed E-state index contributed by atoms with van der Waals surface area (Å²) in [6, 6.07) is 6.90. The van der Waals surface area contributed by atoms with E-state index in [1.807, 2.05) is 0 Å². The SMILES string of the molecule is NCc1ccc(/C=C/C(c2cc(Cl)c(F)c(Cl)c2)C(F)(F)F)cc1Br. The van der Waals surface area contributed by atoms with Gasteiger partial charge in [-0.05, 0) is 34.9 Å². The molecule has 0 spiro atoms. The fraction of sp³-hybridized carbons (Fsp3) is 0.176. The second-order valence-electron chi connectivity index (χ2n) is 5.23. The number of halogens is 7. The van der Waals surface area contributed by atoms with Crippen LogP contribution in [0.4, 0.5) is 17.6 Å². The molecule has 0 aliphatic heterocycles. The summed E-state index contributed by atoms with van der Waals surface area (Å²) in [6.45, 7) is 0.308. The second-order valence-corrected chi connectivity index (χ2v) is 6.90. The van der Waals surface area contributed by atoms with Crippen molar-refractivity contribution in [2.45, 2.75) is 18.6 Å². The van der Waals surface area contributed by atoms with Gasteiger partial charge in [0, 0.05) is 11.0 Å². The van der Waals surface area contributed by atoms with Gasteiger partial charge in [0.15, 0.2) is 5.82 Å². The van der Waals surface area contributed by atoms with Crippen molar-refractivity contribution in [1.29, 1.82) is 0 Å². The third-order valence-corrected chi connectivity index (χ3v) is 4.78. The van der Waals surface area contributed by atoms with Gasteiger partial charge in [-0.1, -0.05) is 63.4 Å². The third-order valence-electron chi connectivity index (χ3n) is 3.50. The van der Waals surface area contributed by atoms with Crippen molar-refractivity contribution in [2.24, 2.45) is 5.73 Å². The Balaban J connectivity index is 2.41. The first kappa shape index (κ1) is 20.2. The van der Waals surface area contributed by atoms with Crippen LogP contribution < -0.4 is 5.73 Å². The maximum Gasteiger partial charge on any atom is 0.399 e. The summed E-state index contributed by atoms with van der Waals surface area (Å²) in [4.78, 5) is 0. The number of rotatable bonds is 4. The molecule has 0 aromatic heterocycles. The second kappa shape index (κ2) is 8.08. The lowest BCUT2D eigenvalue weighted by Gasteiger charge is -2.18. The van der Waals surface area contributed by atoms with E-state index in [-0.39, 0.29) is 5.56 Å². The normalized spacial score (nSPS) is 13.4. The van der Waals surface area contributed by atoms with Crippen molar-refractivity contribution in [3.63, 3.8) is 0 Å². The van der Waals surface area contributed by atoms with E-state index in [1.165, 1.54) is 6.08 Å². The summed E-state index contributed by atoms with van der Waals surface area (Å²) in [7, 11) is 0. The minimum absolute atomic E-state index is 0.238. The van der Waals surface area contributed by atoms with Crippen LogP contribution in [0.2, 0.25) is 10.0 Å². The molecule has 1 atom stereocenters. The summed E-state index contributed by atoms with van der Waals surface area (Å²) in [6.07, 6.45) is -2.28. The lowest BCUT2D eigenvalue weighted by atomic mass is 9.97. The maximum atomic E-state index is 13.5. The molecule has 2 aromatic carbocycles. The fourth-order valence-corrected chi connectivity index (χ4v) is 3.27. The van der Waals surface area contributed by atoms with Gasteiger partial charge in [0.25, 0.3) is 0 Å². The molecule has 8 heteroatoms. The van der Waals surface area contributed by atoms with E-state index in [0.29, 0.717) is 16.6 Å². The largest absolute Gasteiger partial charge is 0.399 e. The molecule has 0 fully saturated rings. The van der Waals surface area contributed by atoms with Crippen molar-refractivity contribution >= 4 is 45.2 Å². The molecule has 0 saturated heterocycles. The van der Waals surface area contributed by atoms with Gasteiger partial charge >= 0.3 is 6.18 Å². The number of benzene rings is 2. The molecule has 2 rings (SSSR count). The lowest BCUT2D eigenvalue weighted by Crippen LogP contribution is -2.19. The van der Waals surface area contributed by atoms with Crippen molar-refractivity contribution < 1.29 is 17.6 Å². The average molecular weight is 457 g/mol. The van der Waals surface area contributed by atoms with Crippen LogP contribution in [0.3, 0.4) is 0 Å². The highest BCUT2D eigenvalue weighted by Crippen LogP contribution is 2.39. The van der Waals surface area contributed by atoms with E-state index in [1.54, 1.807) is 18.2 Å². The summed E-state index contributed by atoms with van der Waals surface area (Å²) in [5.74, 6) is -2.92. The van der Waals surface area contributed by atoms with Gasteiger partial charge in [0.2, 0.25) is 0 Å². The topological polar surface area (TPSA) is 26.0 Å². The summed E-state index contributed by atoms with van der Waals surface area (Å²) in [5, 5.41) is -0.916. The molecule has 0 saturated carbocycles. The predicted octanol–water partition coefficient (Wildman–Crippen LogP) is 6.71. The molecule has 0 aliphatic rings. The van der Waals surface area contributed by atoms with Gasteiger partial charge in [-0.15, -0.1) is 0 Å². The molecule has 0 heterocycles. The number of hydrogen-bond donors (Lipinski definition) is 1. The van der Waals surface area contributed by atoms with Crippen LogP contribution >= 0.6 is 39.1 Å². The van der Waals surface area contributed by atoms with E-state index < -0.39 is 28.0 Å². The van der Waals surface area contributed by atoms with Gasteiger partial charge in [-0.3, -0.25) is 0 Å². The fourth-order valence-electron chi connectivity index (χ4n) is 2.20. The highest BCUT2D eigenvalue weighted by Gasteiger charge is 2.39. The quantitative estimate of drug-likeness (QED) is 0.401. The first-order valence-corrected chi connectivity index (χ1v) is 8.56. The van der Waals surface area contributed by atoms with Crippen molar-refractivity contribution in [1.82, 2.24) is 0 Å². The highest BCUT2D eigenvalue weighted by atomic mass is 79.9. The minimum Gasteiger partial charge on any atom is -0.326 e. The number of hydrogen-bond acceptors (Lipinski definition) is 1. The van der Waals surface area contributed by atoms with E-state index in [4.69, 9.17) is 28.9 Å². The molecule has 134 valence electrons. The zero-order chi connectivity index (χ0) is 18.8. The molecule has 1 unspecified atom stereocenters. The zero-order valence-corrected chi connectivity index (χ0v) is 15.6. The van der Waals surface area contributed by atoms with Gasteiger partial charge in [-0.25, -0.2) is 4.39 Å². The molecular weight excluding hydrogens is 445 g/mol. The zero-order valence-electron chi connectivity index (χ0n) is 12.5. The standard InChI is InChI=1S/C17H12BrCl2F4N/c18-13-5-9(1-3-10(13)8-25)2-4-12(17(22,23)24)11-6-14(19)16(21)15(20)7-11/h1-7,12H,8,25H2/b4-2+. The highest BCUT2D eigenvalue weighted by molar-refractivity contribution is 9.10. The van der Waals surface area contributed by atoms with E-state index in [0.717, 1.165) is 23.8 Å². The van der Waals surface area contributed by atoms with Gasteiger partial charge in [-0.2, -0.15) is 13.2 Å². The maximum absolute atomic E-state index is 13.5. The first-order chi connectivity index (χ1) is 11.6. The van der Waals surface area contributed by atoms with Crippen LogP contribution in [0.15, 0.2) is 40.9 Å². The number of allylic oxidation sites excluding steroid dienone is 1. The Morgan fingerprint density at radius 2 is 1.72 bits per heavy atom. The van der Waals surface area contributed by atoms with Crippen LogP contribution in [0.25, 0.3) is 6.08 Å². The molecule has 2 aromatic rings. The molecule has 0 amide bonds. The first-order valence-electron chi connectivity index (χ1n) is 7.01. The Bertz CT molecular complexity index is 783. The Kier molecular flexibility index (Phi) is 6.54. The molecule has 0 aliphatic carbocycles. The van der Waals surface area contributed by atoms with Crippen molar-refractivity contribution in [2.75, 3.05) is 0 Å². The summed E-state index contributed by atoms with van der Waals surface area (Å²) in [5.41, 5.74) is 6.69. The molecule has 1 nitrogen and oxygen atoms in total. The Hall–Kier alpha value is -1.08. The molecule has 25 heavy (non-hydrogen) atoms. The Morgan fingerprint density at radius 1 is 1.12 bits per heavy atom. The van der Waals surface area contributed by atoms with E-state index >= 15 is 0 Å². The summed E-state index contributed by atoms with van der Waals surface area (Å²) < 4.78 is 54.4. The van der Waals surface area contributed by atoms with Crippen LogP contribution in [0.5, 0.6) is 0 Å². The van der Waals surface area contributed by atoms with Crippen molar-refractivity contribution in [3.05, 3.63) is 73.4 Å². The van der Waals surface area contributed by atoms with Crippen molar-refractivity contribution in [3.8, 4) is 0 Å². The molecule has 0 radical (unpaired) electrons. The lowest BCUT2D eigenvalue weighted by molar-refractivity contribution is -0.139. The predicted molar refractivity (Wildman–Crippen MR) is 96.3 cm³/mol. The number of alkyl halides is 3. The molecule has 0 bridgehead atoms. The van der Waals surface area contributed by atoms with Crippen LogP contribution in [-0.4, -0.2) is 6.18 Å². The van der Waals surface area contributed by atoms with Gasteiger partial charge in [0.1, 0.15) is 0 Å². The Labute approximate surface area is 160 Å². The van der Waals surface area contributed by atoms with Gasteiger partial charge in [0.05, 0.1) is 16.0 Å². The smallest absolute Gasteiger partial charge is 0.326 e. The van der Waals surface area contributed by atoms with E-state index in [9.17, 15) is 17.6 Å². The number of nitrogens with two attached hydrogens (primary N) is 1. The minimum atomic E-state index is -4.59. The average Bonchev–Trinajstić information content (AvgIpc) is 2.51. The Morgan fingerprint density at radius 3 is 2.20 bits per heavy atom. The van der Waals surface area contributed by atoms with Crippen LogP contribution in [0.1, 0.15) is 22.6 Å².